The van der Waals surface area contributed by atoms with Gasteiger partial charge in [0.1, 0.15) is 0 Å². The molecule has 4 unspecified atom stereocenters. The molecule has 0 aromatic rings. The van der Waals surface area contributed by atoms with Gasteiger partial charge >= 0.3 is 7.82 Å². The summed E-state index contributed by atoms with van der Waals surface area (Å²) in [4.78, 5) is 22.6. The summed E-state index contributed by atoms with van der Waals surface area (Å²) >= 11 is 0. The number of phosphoric acid groups is 1. The number of hydrogen-bond donors (Lipinski definition) is 5. The summed E-state index contributed by atoms with van der Waals surface area (Å²) in [5.74, 6) is -0.465. The number of nitrogens with one attached hydrogen (secondary N) is 1. The summed E-state index contributed by atoms with van der Waals surface area (Å²) in [5, 5.41) is 23.8. The van der Waals surface area contributed by atoms with Crippen LogP contribution in [0, 0.1) is 0 Å². The fourth-order valence-corrected chi connectivity index (χ4v) is 5.99. The van der Waals surface area contributed by atoms with Crippen molar-refractivity contribution in [3.8, 4) is 0 Å². The number of allylic oxidation sites excluding steroid dienone is 3. The van der Waals surface area contributed by atoms with Crippen LogP contribution in [0.25, 0.3) is 0 Å². The second kappa shape index (κ2) is 32.5. The van der Waals surface area contributed by atoms with Crippen LogP contribution in [0.4, 0.5) is 0 Å². The molecular formula is C36H71N2O7P. The minimum atomic E-state index is -4.39. The Morgan fingerprint density at radius 2 is 1.22 bits per heavy atom. The predicted octanol–water partition coefficient (Wildman–Crippen LogP) is 8.41. The first kappa shape index (κ1) is 44.9. The molecule has 0 aromatic heterocycles. The van der Waals surface area contributed by atoms with Crippen LogP contribution in [0.2, 0.25) is 0 Å². The second-order valence-electron chi connectivity index (χ2n) is 12.6. The Bertz CT molecular complexity index is 796. The third-order valence-electron chi connectivity index (χ3n) is 8.08. The van der Waals surface area contributed by atoms with Gasteiger partial charge in [-0.2, -0.15) is 0 Å². The van der Waals surface area contributed by atoms with E-state index >= 15 is 0 Å². The molecule has 6 N–H and O–H groups in total. The van der Waals surface area contributed by atoms with Crippen molar-refractivity contribution < 1.29 is 33.5 Å². The largest absolute Gasteiger partial charge is 0.472 e. The fraction of sp³-hybridized carbons (Fsp3) is 0.861. The number of nitrogens with two attached hydrogens (primary N) is 1. The van der Waals surface area contributed by atoms with Gasteiger partial charge in [-0.1, -0.05) is 134 Å². The van der Waals surface area contributed by atoms with Crippen LogP contribution in [0.5, 0.6) is 0 Å². The van der Waals surface area contributed by atoms with Crippen molar-refractivity contribution in [1.82, 2.24) is 5.32 Å². The molecule has 0 bridgehead atoms. The van der Waals surface area contributed by atoms with E-state index in [1.165, 1.54) is 96.3 Å². The maximum atomic E-state index is 12.7. The average Bonchev–Trinajstić information content (AvgIpc) is 3.03. The molecule has 10 heteroatoms. The van der Waals surface area contributed by atoms with Crippen LogP contribution in [0.3, 0.4) is 0 Å². The summed E-state index contributed by atoms with van der Waals surface area (Å²) in [5.41, 5.74) is 5.34. The van der Waals surface area contributed by atoms with Crippen LogP contribution >= 0.6 is 7.82 Å². The van der Waals surface area contributed by atoms with E-state index in [0.717, 1.165) is 38.5 Å². The predicted molar refractivity (Wildman–Crippen MR) is 191 cm³/mol. The number of aliphatic hydroxyl groups excluding tert-OH is 2. The highest BCUT2D eigenvalue weighted by molar-refractivity contribution is 7.47. The summed E-state index contributed by atoms with van der Waals surface area (Å²) in [6.45, 7) is 3.91. The monoisotopic (exact) mass is 674 g/mol. The van der Waals surface area contributed by atoms with Crippen LogP contribution in [-0.2, 0) is 18.4 Å². The average molecular weight is 675 g/mol. The van der Waals surface area contributed by atoms with E-state index < -0.39 is 38.6 Å². The molecule has 0 rings (SSSR count). The van der Waals surface area contributed by atoms with Crippen molar-refractivity contribution in [3.63, 3.8) is 0 Å². The molecule has 46 heavy (non-hydrogen) atoms. The minimum absolute atomic E-state index is 0.0469. The molecule has 0 aromatic carbocycles. The van der Waals surface area contributed by atoms with Crippen LogP contribution in [0.15, 0.2) is 24.3 Å². The normalized spacial score (nSPS) is 15.3. The molecule has 0 saturated carbocycles. The number of amides is 1. The Balaban J connectivity index is 4.51. The Kier molecular flexibility index (Phi) is 31.7. The number of phosphoric ester groups is 1. The van der Waals surface area contributed by atoms with Crippen molar-refractivity contribution in [2.24, 2.45) is 5.73 Å². The molecule has 0 spiro atoms. The number of rotatable bonds is 34. The quantitative estimate of drug-likeness (QED) is 0.0259. The highest BCUT2D eigenvalue weighted by atomic mass is 31.2. The number of carbonyl (C=O) groups is 1. The van der Waals surface area contributed by atoms with Gasteiger partial charge in [-0.15, -0.1) is 0 Å². The molecule has 9 nitrogen and oxygen atoms in total. The van der Waals surface area contributed by atoms with E-state index in [-0.39, 0.29) is 19.6 Å². The van der Waals surface area contributed by atoms with Gasteiger partial charge in [0.2, 0.25) is 5.91 Å². The van der Waals surface area contributed by atoms with Gasteiger partial charge in [-0.25, -0.2) is 4.57 Å². The lowest BCUT2D eigenvalue weighted by Crippen LogP contribution is -2.46. The lowest BCUT2D eigenvalue weighted by Gasteiger charge is -2.24. The van der Waals surface area contributed by atoms with Gasteiger partial charge in [-0.3, -0.25) is 13.8 Å². The Hall–Kier alpha value is -1.06. The molecule has 0 fully saturated rings. The number of hydrogen-bond acceptors (Lipinski definition) is 7. The molecule has 0 heterocycles. The van der Waals surface area contributed by atoms with Gasteiger partial charge in [0.25, 0.3) is 0 Å². The van der Waals surface area contributed by atoms with Crippen LogP contribution in [-0.4, -0.2) is 59.0 Å². The van der Waals surface area contributed by atoms with E-state index in [0.29, 0.717) is 6.42 Å². The standard InChI is InChI=1S/C36H71N2O7P/c1-3-5-7-9-11-13-15-16-18-20-22-24-26-28-35(40)34(32-45-46(42,43)44-30-29-37)38-36(41)31-33(39)27-25-23-21-19-17-14-12-10-8-6-4-2/h19,21,26,28,33-35,39-40H,3-18,20,22-25,27,29-32,37H2,1-2H3,(H,38,41)(H,42,43)/b21-19-,28-26+. The van der Waals surface area contributed by atoms with Crippen LogP contribution < -0.4 is 11.1 Å². The Morgan fingerprint density at radius 1 is 0.739 bits per heavy atom. The lowest BCUT2D eigenvalue weighted by atomic mass is 10.0. The van der Waals surface area contributed by atoms with Crippen molar-refractivity contribution in [3.05, 3.63) is 24.3 Å². The lowest BCUT2D eigenvalue weighted by molar-refractivity contribution is -0.124. The topological polar surface area (TPSA) is 151 Å². The van der Waals surface area contributed by atoms with E-state index in [1.807, 2.05) is 6.08 Å². The Labute approximate surface area is 281 Å². The molecule has 0 radical (unpaired) electrons. The first-order valence-electron chi connectivity index (χ1n) is 18.5. The highest BCUT2D eigenvalue weighted by Crippen LogP contribution is 2.43. The number of aliphatic hydroxyl groups is 2. The molecule has 272 valence electrons. The molecule has 1 amide bonds. The number of unbranched alkanes of at least 4 members (excludes halogenated alkanes) is 18. The van der Waals surface area contributed by atoms with E-state index in [2.05, 4.69) is 31.3 Å². The summed E-state index contributed by atoms with van der Waals surface area (Å²) < 4.78 is 21.9. The SMILES string of the molecule is CCCCCCCC/C=C\CCCC(O)CC(=O)NC(COP(=O)(O)OCCN)C(O)/C=C/CCCCCCCCCCCCC. The van der Waals surface area contributed by atoms with Gasteiger partial charge in [0, 0.05) is 6.54 Å². The third-order valence-corrected chi connectivity index (χ3v) is 9.06. The molecular weight excluding hydrogens is 603 g/mol. The first-order chi connectivity index (χ1) is 22.3. The van der Waals surface area contributed by atoms with Crippen molar-refractivity contribution in [2.75, 3.05) is 19.8 Å². The van der Waals surface area contributed by atoms with Crippen molar-refractivity contribution in [1.29, 1.82) is 0 Å². The maximum Gasteiger partial charge on any atom is 0.472 e. The summed E-state index contributed by atoms with van der Waals surface area (Å²) in [7, 11) is -4.39. The molecule has 0 aliphatic carbocycles. The van der Waals surface area contributed by atoms with Gasteiger partial charge in [0.05, 0.1) is 37.9 Å². The maximum absolute atomic E-state index is 12.7. The smallest absolute Gasteiger partial charge is 0.393 e. The zero-order valence-corrected chi connectivity index (χ0v) is 30.3. The minimum Gasteiger partial charge on any atom is -0.393 e. The second-order valence-corrected chi connectivity index (χ2v) is 14.1. The molecule has 4 atom stereocenters. The molecule has 0 saturated heterocycles. The van der Waals surface area contributed by atoms with Gasteiger partial charge in [0.15, 0.2) is 0 Å². The zero-order chi connectivity index (χ0) is 34.1. The van der Waals surface area contributed by atoms with Gasteiger partial charge in [-0.05, 0) is 44.9 Å². The van der Waals surface area contributed by atoms with E-state index in [4.69, 9.17) is 14.8 Å². The first-order valence-corrected chi connectivity index (χ1v) is 20.0. The number of carbonyl (C=O) groups excluding carboxylic acids is 1. The van der Waals surface area contributed by atoms with Gasteiger partial charge < -0.3 is 26.2 Å². The highest BCUT2D eigenvalue weighted by Gasteiger charge is 2.27. The van der Waals surface area contributed by atoms with E-state index in [9.17, 15) is 24.5 Å². The zero-order valence-electron chi connectivity index (χ0n) is 29.4. The van der Waals surface area contributed by atoms with Crippen molar-refractivity contribution in [2.45, 2.75) is 180 Å². The Morgan fingerprint density at radius 3 is 1.74 bits per heavy atom. The van der Waals surface area contributed by atoms with Crippen molar-refractivity contribution >= 4 is 13.7 Å². The molecule has 0 aliphatic rings. The molecule has 0 aliphatic heterocycles. The summed E-state index contributed by atoms with van der Waals surface area (Å²) in [6, 6.07) is -0.986. The van der Waals surface area contributed by atoms with Crippen LogP contribution in [0.1, 0.15) is 162 Å². The fourth-order valence-electron chi connectivity index (χ4n) is 5.23. The summed E-state index contributed by atoms with van der Waals surface area (Å²) in [6.07, 6.45) is 31.2. The van der Waals surface area contributed by atoms with E-state index in [1.54, 1.807) is 6.08 Å². The third kappa shape index (κ3) is 30.3.